The number of benzene rings is 2. The highest BCUT2D eigenvalue weighted by molar-refractivity contribution is 7.17. The van der Waals surface area contributed by atoms with Crippen LogP contribution in [-0.2, 0) is 4.74 Å². The number of alkyl halides is 1. The van der Waals surface area contributed by atoms with E-state index in [0.29, 0.717) is 35.5 Å². The molecule has 0 spiro atoms. The summed E-state index contributed by atoms with van der Waals surface area (Å²) in [5.41, 5.74) is 2.57. The van der Waals surface area contributed by atoms with Crippen molar-refractivity contribution >= 4 is 25.8 Å². The van der Waals surface area contributed by atoms with Crippen LogP contribution in [0.25, 0.3) is 22.2 Å². The van der Waals surface area contributed by atoms with Crippen LogP contribution in [0.2, 0.25) is 0 Å². The lowest BCUT2D eigenvalue weighted by atomic mass is 9.98. The average Bonchev–Trinajstić information content (AvgIpc) is 2.88. The van der Waals surface area contributed by atoms with E-state index in [1.807, 2.05) is 27.4 Å². The van der Waals surface area contributed by atoms with Crippen LogP contribution in [0.1, 0.15) is 30.0 Å². The predicted octanol–water partition coefficient (Wildman–Crippen LogP) is 4.77. The minimum absolute atomic E-state index is 0.0681. The summed E-state index contributed by atoms with van der Waals surface area (Å²) in [6, 6.07) is 7.73. The number of morpholine rings is 1. The Hall–Kier alpha value is -3.20. The first kappa shape index (κ1) is 26.9. The van der Waals surface area contributed by atoms with Gasteiger partial charge < -0.3 is 14.7 Å². The number of aliphatic hydroxyl groups excluding tert-OH is 1. The topological polar surface area (TPSA) is 84.3 Å². The molecule has 3 atom stereocenters. The first-order valence-corrected chi connectivity index (χ1v) is 12.3. The monoisotopic (exact) mass is 529 g/mol. The van der Waals surface area contributed by atoms with E-state index in [0.717, 1.165) is 24.8 Å². The molecule has 0 aliphatic carbocycles. The first-order chi connectivity index (χ1) is 17.8. The van der Waals surface area contributed by atoms with E-state index in [-0.39, 0.29) is 16.8 Å². The predicted molar refractivity (Wildman–Crippen MR) is 139 cm³/mol. The molecule has 0 bridgehead atoms. The normalized spacial score (nSPS) is 15.2. The second-order valence-corrected chi connectivity index (χ2v) is 9.40. The molecule has 7 nitrogen and oxygen atoms in total. The van der Waals surface area contributed by atoms with Crippen molar-refractivity contribution in [3.63, 3.8) is 0 Å². The van der Waals surface area contributed by atoms with Gasteiger partial charge in [-0.25, -0.2) is 23.1 Å². The molecule has 1 N–H and O–H groups in total. The minimum Gasteiger partial charge on any atom is -0.382 e. The maximum Gasteiger partial charge on any atom is 0.135 e. The molecule has 3 heterocycles. The van der Waals surface area contributed by atoms with Gasteiger partial charge in [0.1, 0.15) is 30.0 Å². The zero-order valence-electron chi connectivity index (χ0n) is 20.4. The molecule has 0 saturated carbocycles. The minimum atomic E-state index is -1.40. The fourth-order valence-electron chi connectivity index (χ4n) is 4.07. The van der Waals surface area contributed by atoms with Gasteiger partial charge in [0.05, 0.1) is 35.8 Å². The summed E-state index contributed by atoms with van der Waals surface area (Å²) >= 11 is 0. The quantitative estimate of drug-likeness (QED) is 0.382. The Kier molecular flexibility index (Phi) is 8.63. The SMILES string of the molecule is CC(F)P.Cc1nccnc1C(O)c1cc(-c2ncnc3cc(N4CCOCC4)ccc23)c(F)cc1F. The van der Waals surface area contributed by atoms with Crippen LogP contribution < -0.4 is 4.90 Å². The number of ether oxygens (including phenoxy) is 1. The average molecular weight is 530 g/mol. The third-order valence-electron chi connectivity index (χ3n) is 5.81. The Bertz CT molecular complexity index is 1380. The van der Waals surface area contributed by atoms with Gasteiger partial charge in [0.15, 0.2) is 0 Å². The second-order valence-electron chi connectivity index (χ2n) is 8.48. The van der Waals surface area contributed by atoms with Crippen molar-refractivity contribution in [1.82, 2.24) is 19.9 Å². The van der Waals surface area contributed by atoms with E-state index in [4.69, 9.17) is 4.74 Å². The summed E-state index contributed by atoms with van der Waals surface area (Å²) in [6.45, 7) is 6.00. The van der Waals surface area contributed by atoms with Crippen LogP contribution in [0.5, 0.6) is 0 Å². The summed E-state index contributed by atoms with van der Waals surface area (Å²) in [6.07, 6.45) is 2.85. The van der Waals surface area contributed by atoms with Gasteiger partial charge in [0, 0.05) is 53.8 Å². The van der Waals surface area contributed by atoms with Crippen LogP contribution in [0.3, 0.4) is 0 Å². The number of nitrogens with zero attached hydrogens (tertiary/aromatic N) is 5. The first-order valence-electron chi connectivity index (χ1n) is 11.7. The number of hydrogen-bond acceptors (Lipinski definition) is 7. The molecular formula is C26H27F3N5O2P. The lowest BCUT2D eigenvalue weighted by Crippen LogP contribution is -2.36. The van der Waals surface area contributed by atoms with Gasteiger partial charge >= 0.3 is 0 Å². The van der Waals surface area contributed by atoms with Crippen LogP contribution in [0, 0.1) is 18.6 Å². The Morgan fingerprint density at radius 3 is 2.41 bits per heavy atom. The molecule has 4 aromatic rings. The van der Waals surface area contributed by atoms with E-state index in [2.05, 4.69) is 24.8 Å². The van der Waals surface area contributed by atoms with Crippen molar-refractivity contribution in [2.75, 3.05) is 31.2 Å². The van der Waals surface area contributed by atoms with Crippen LogP contribution >= 0.6 is 9.24 Å². The molecular weight excluding hydrogens is 502 g/mol. The largest absolute Gasteiger partial charge is 0.382 e. The molecule has 2 aromatic carbocycles. The molecule has 1 saturated heterocycles. The van der Waals surface area contributed by atoms with Crippen LogP contribution in [0.4, 0.5) is 18.9 Å². The van der Waals surface area contributed by atoms with Gasteiger partial charge in [-0.1, -0.05) is 0 Å². The van der Waals surface area contributed by atoms with E-state index >= 15 is 0 Å². The number of aromatic nitrogens is 4. The van der Waals surface area contributed by atoms with Crippen LogP contribution in [-0.4, -0.2) is 57.3 Å². The molecule has 0 radical (unpaired) electrons. The standard InChI is InChI=1S/C24H21F2N5O2.C2H6FP/c1-14-22(28-5-4-27-14)24(32)18-11-17(19(25)12-20(18)26)23-16-3-2-15(10-21(16)29-13-30-23)31-6-8-33-9-7-31;1-2(3)4/h2-5,10-13,24,32H,6-9H2,1H3;2H,4H2,1H3. The molecule has 3 unspecified atom stereocenters. The Balaban J connectivity index is 0.000000747. The van der Waals surface area contributed by atoms with Crippen molar-refractivity contribution < 1.29 is 23.0 Å². The van der Waals surface area contributed by atoms with Crippen molar-refractivity contribution in [3.05, 3.63) is 77.6 Å². The Morgan fingerprint density at radius 2 is 1.70 bits per heavy atom. The number of aliphatic hydroxyl groups is 1. The van der Waals surface area contributed by atoms with E-state index < -0.39 is 23.7 Å². The molecule has 0 amide bonds. The number of aryl methyl sites for hydroxylation is 1. The number of halogens is 3. The van der Waals surface area contributed by atoms with Crippen molar-refractivity contribution in [2.24, 2.45) is 0 Å². The third-order valence-corrected chi connectivity index (χ3v) is 5.81. The van der Waals surface area contributed by atoms with Crippen LogP contribution in [0.15, 0.2) is 49.1 Å². The van der Waals surface area contributed by atoms with Gasteiger partial charge in [-0.15, -0.1) is 9.24 Å². The zero-order chi connectivity index (χ0) is 26.5. The van der Waals surface area contributed by atoms with Gasteiger partial charge in [-0.05, 0) is 38.1 Å². The Labute approximate surface area is 215 Å². The summed E-state index contributed by atoms with van der Waals surface area (Å²) in [5.74, 6) is -2.40. The molecule has 5 rings (SSSR count). The molecule has 1 fully saturated rings. The molecule has 2 aromatic heterocycles. The molecule has 11 heteroatoms. The second kappa shape index (κ2) is 11.9. The van der Waals surface area contributed by atoms with E-state index in [1.54, 1.807) is 6.92 Å². The summed E-state index contributed by atoms with van der Waals surface area (Å²) < 4.78 is 46.0. The van der Waals surface area contributed by atoms with Crippen molar-refractivity contribution in [1.29, 1.82) is 0 Å². The summed E-state index contributed by atoms with van der Waals surface area (Å²) in [7, 11) is 1.99. The summed E-state index contributed by atoms with van der Waals surface area (Å²) in [4.78, 5) is 19.0. The molecule has 194 valence electrons. The molecule has 1 aliphatic heterocycles. The maximum atomic E-state index is 14.9. The number of rotatable bonds is 4. The lowest BCUT2D eigenvalue weighted by molar-refractivity contribution is 0.122. The number of anilines is 1. The van der Waals surface area contributed by atoms with Gasteiger partial charge in [0.25, 0.3) is 0 Å². The fraction of sp³-hybridized carbons (Fsp3) is 0.308. The van der Waals surface area contributed by atoms with Gasteiger partial charge in [0.2, 0.25) is 0 Å². The molecule has 1 aliphatic rings. The van der Waals surface area contributed by atoms with Crippen molar-refractivity contribution in [2.45, 2.75) is 25.9 Å². The van der Waals surface area contributed by atoms with Gasteiger partial charge in [-0.3, -0.25) is 9.97 Å². The highest BCUT2D eigenvalue weighted by atomic mass is 31.0. The lowest BCUT2D eigenvalue weighted by Gasteiger charge is -2.29. The van der Waals surface area contributed by atoms with Crippen molar-refractivity contribution in [3.8, 4) is 11.3 Å². The number of hydrogen-bond donors (Lipinski definition) is 1. The zero-order valence-corrected chi connectivity index (χ0v) is 21.6. The molecule has 37 heavy (non-hydrogen) atoms. The number of fused-ring (bicyclic) bond motifs is 1. The van der Waals surface area contributed by atoms with E-state index in [9.17, 15) is 18.3 Å². The highest BCUT2D eigenvalue weighted by Gasteiger charge is 2.23. The fourth-order valence-corrected chi connectivity index (χ4v) is 4.07. The maximum absolute atomic E-state index is 14.9. The third kappa shape index (κ3) is 6.21. The Morgan fingerprint density at radius 1 is 1.00 bits per heavy atom. The van der Waals surface area contributed by atoms with Gasteiger partial charge in [-0.2, -0.15) is 0 Å². The van der Waals surface area contributed by atoms with E-state index in [1.165, 1.54) is 31.7 Å². The highest BCUT2D eigenvalue weighted by Crippen LogP contribution is 2.34. The smallest absolute Gasteiger partial charge is 0.135 e. The summed E-state index contributed by atoms with van der Waals surface area (Å²) in [5, 5.41) is 11.4.